The van der Waals surface area contributed by atoms with Crippen LogP contribution in [0.5, 0.6) is 23.0 Å². The lowest BCUT2D eigenvalue weighted by Gasteiger charge is -2.51. The highest BCUT2D eigenvalue weighted by atomic mass is 16.8. The largest absolute Gasteiger partial charge is 0.504 e. The molecule has 8 rings (SSSR count). The Balaban J connectivity index is 1.31. The van der Waals surface area contributed by atoms with Gasteiger partial charge in [0.1, 0.15) is 124 Å². The molecule has 0 aromatic heterocycles. The minimum atomic E-state index is -3.04. The van der Waals surface area contributed by atoms with Crippen molar-refractivity contribution in [3.8, 4) is 23.0 Å². The molecule has 0 aliphatic carbocycles. The van der Waals surface area contributed by atoms with Gasteiger partial charge in [0.25, 0.3) is 0 Å². The van der Waals surface area contributed by atoms with E-state index in [9.17, 15) is 95.5 Å². The minimum Gasteiger partial charge on any atom is -0.504 e. The van der Waals surface area contributed by atoms with Gasteiger partial charge in [-0.15, -0.1) is 0 Å². The monoisotopic (exact) mass is 1370 g/mol. The first-order valence-electron chi connectivity index (χ1n) is 29.6. The Bertz CT molecular complexity index is 3150. The smallest absolute Gasteiger partial charge is 0.338 e. The average Bonchev–Trinajstić information content (AvgIpc) is 1.77. The topological polar surface area (TPSA) is 516 Å². The molecule has 35 heteroatoms. The van der Waals surface area contributed by atoms with Crippen molar-refractivity contribution in [1.29, 1.82) is 0 Å². The first kappa shape index (κ1) is 74.6. The summed E-state index contributed by atoms with van der Waals surface area (Å²) in [7, 11) is 2.51. The van der Waals surface area contributed by atoms with Crippen molar-refractivity contribution >= 4 is 42.0 Å². The van der Waals surface area contributed by atoms with E-state index in [2.05, 4.69) is 0 Å². The van der Waals surface area contributed by atoms with Crippen molar-refractivity contribution < 1.29 is 171 Å². The molecule has 5 saturated heterocycles. The van der Waals surface area contributed by atoms with E-state index in [1.807, 2.05) is 0 Å². The highest BCUT2D eigenvalue weighted by molar-refractivity contribution is 5.90. The molecule has 5 fully saturated rings. The summed E-state index contributed by atoms with van der Waals surface area (Å²) in [6.07, 6.45) is -46.1. The molecule has 0 bridgehead atoms. The van der Waals surface area contributed by atoms with Gasteiger partial charge in [0, 0.05) is 26.0 Å². The van der Waals surface area contributed by atoms with E-state index >= 15 is 0 Å². The molecule has 96 heavy (non-hydrogen) atoms. The van der Waals surface area contributed by atoms with Crippen molar-refractivity contribution in [3.63, 3.8) is 0 Å². The van der Waals surface area contributed by atoms with Gasteiger partial charge in [0.15, 0.2) is 60.4 Å². The Hall–Kier alpha value is -7.15. The summed E-state index contributed by atoms with van der Waals surface area (Å²) in [5, 5.41) is 154. The maximum Gasteiger partial charge on any atom is 0.338 e. The molecular weight excluding hydrogens is 1290 g/mol. The van der Waals surface area contributed by atoms with Crippen LogP contribution in [0.4, 0.5) is 0 Å². The van der Waals surface area contributed by atoms with E-state index < -0.39 is 216 Å². The zero-order valence-electron chi connectivity index (χ0n) is 51.5. The number of rotatable bonds is 26. The molecule has 5 heterocycles. The SMILES string of the molecule is COc1cc(C=CC(=O)OC[C@@]2(O[C@H]3O[C@H](COC(C)=O)[C@@H](OC(=O)C=Cc4ccc(O)c(OC)c4)[C@H](O[C@@H]4O[C@H](COC(C)=O)[C@@H](O)[C@H](O[C@@H]5O[C@H](CO)[C@@H](O)[C@H](O)[C@H]5O)[C@H]4O)[C@H]3O[C@@H]3O[C@H](CO)[C@@H](O)[C@H](O)[C@H]3O)O[C@H](CO)[C@@H](O)[C@@H]2OC(=O)c2ccccc2)ccc1O. The molecule has 0 amide bonds. The van der Waals surface area contributed by atoms with Gasteiger partial charge >= 0.3 is 29.8 Å². The van der Waals surface area contributed by atoms with Crippen LogP contribution < -0.4 is 9.47 Å². The Morgan fingerprint density at radius 2 is 0.958 bits per heavy atom. The second-order valence-corrected chi connectivity index (χ2v) is 22.4. The van der Waals surface area contributed by atoms with Gasteiger partial charge in [-0.25, -0.2) is 14.4 Å². The van der Waals surface area contributed by atoms with Crippen LogP contribution >= 0.6 is 0 Å². The van der Waals surface area contributed by atoms with Crippen molar-refractivity contribution in [2.24, 2.45) is 0 Å². The van der Waals surface area contributed by atoms with Gasteiger partial charge in [-0.1, -0.05) is 30.3 Å². The van der Waals surface area contributed by atoms with E-state index in [1.54, 1.807) is 6.07 Å². The number of aliphatic hydroxyl groups is 12. The highest BCUT2D eigenvalue weighted by Crippen LogP contribution is 2.43. The number of benzene rings is 3. The number of aromatic hydroxyl groups is 2. The van der Waals surface area contributed by atoms with Crippen LogP contribution in [0.2, 0.25) is 0 Å². The first-order valence-corrected chi connectivity index (χ1v) is 29.6. The summed E-state index contributed by atoms with van der Waals surface area (Å²) in [6, 6.07) is 14.9. The standard InChI is InChI=1S/C61H76O35/c1-26(65)83-23-38-44(73)52(91-57-48(77)46(75)42(71)35(20-62)86-57)50(79)59(88-38)92-53-51(90-41(70)17-13-29-11-15-32(68)34(19-29)82-4)39(24-84-27(2)66)89-60(54(53)93-58-49(78)47(76)43(72)36(21-63)87-58)96-61(25-85-40(69)16-12-28-10-14-31(67)33(18-28)81-3)55(45(74)37(22-64)95-61)94-56(80)30-8-6-5-7-9-30/h5-19,35-39,42-55,57-60,62-64,67-68,71-79H,20-25H2,1-4H3/t35-,36-,37-,38-,39-,42-,43-,44-,45-,46+,47+,48-,49-,50-,51-,52+,53+,54-,55+,57+,58+,59+,60-,61+/m1/s1. The van der Waals surface area contributed by atoms with Crippen LogP contribution in [-0.2, 0) is 85.5 Å². The van der Waals surface area contributed by atoms with Crippen LogP contribution in [0.1, 0.15) is 35.3 Å². The fraction of sp³-hybridized carbons (Fsp3) is 0.557. The number of esters is 5. The van der Waals surface area contributed by atoms with Gasteiger partial charge in [-0.05, 0) is 59.7 Å². The minimum absolute atomic E-state index is 0.000359. The predicted molar refractivity (Wildman–Crippen MR) is 310 cm³/mol. The molecule has 24 atom stereocenters. The molecule has 14 N–H and O–H groups in total. The Morgan fingerprint density at radius 1 is 0.479 bits per heavy atom. The number of carbonyl (C=O) groups excluding carboxylic acids is 5. The molecule has 0 spiro atoms. The third-order valence-corrected chi connectivity index (χ3v) is 15.8. The van der Waals surface area contributed by atoms with Gasteiger partial charge in [0.05, 0.1) is 39.6 Å². The van der Waals surface area contributed by atoms with E-state index in [4.69, 9.17) is 75.8 Å². The molecule has 35 nitrogen and oxygen atoms in total. The number of phenolic OH excluding ortho intramolecular Hbond substituents is 2. The molecule has 530 valence electrons. The molecule has 0 saturated carbocycles. The van der Waals surface area contributed by atoms with Gasteiger partial charge < -0.3 is 147 Å². The fourth-order valence-corrected chi connectivity index (χ4v) is 10.8. The lowest BCUT2D eigenvalue weighted by Crippen LogP contribution is -2.69. The quantitative estimate of drug-likeness (QED) is 0.0203. The summed E-state index contributed by atoms with van der Waals surface area (Å²) < 4.78 is 94.3. The first-order chi connectivity index (χ1) is 45.7. The number of hydrogen-bond acceptors (Lipinski definition) is 35. The fourth-order valence-electron chi connectivity index (χ4n) is 10.8. The molecule has 3 aromatic carbocycles. The molecule has 5 aliphatic rings. The van der Waals surface area contributed by atoms with Crippen LogP contribution in [0.15, 0.2) is 78.9 Å². The second kappa shape index (κ2) is 33.4. The number of ether oxygens (including phenoxy) is 16. The lowest BCUT2D eigenvalue weighted by atomic mass is 9.95. The van der Waals surface area contributed by atoms with E-state index in [0.29, 0.717) is 0 Å². The van der Waals surface area contributed by atoms with Crippen LogP contribution in [0.3, 0.4) is 0 Å². The number of phenols is 2. The molecular formula is C61H76O35. The number of hydrogen-bond donors (Lipinski definition) is 14. The summed E-state index contributed by atoms with van der Waals surface area (Å²) in [5.74, 6) is -9.44. The zero-order valence-corrected chi connectivity index (χ0v) is 51.5. The van der Waals surface area contributed by atoms with Crippen molar-refractivity contribution in [1.82, 2.24) is 0 Å². The summed E-state index contributed by atoms with van der Waals surface area (Å²) in [6.45, 7) is -4.57. The van der Waals surface area contributed by atoms with Crippen molar-refractivity contribution in [3.05, 3.63) is 95.6 Å². The number of methoxy groups -OCH3 is 2. The van der Waals surface area contributed by atoms with E-state index in [0.717, 1.165) is 32.1 Å². The summed E-state index contributed by atoms with van der Waals surface area (Å²) in [4.78, 5) is 67.8. The predicted octanol–water partition coefficient (Wildman–Crippen LogP) is -4.96. The van der Waals surface area contributed by atoms with Crippen LogP contribution in [0.25, 0.3) is 12.2 Å². The lowest BCUT2D eigenvalue weighted by molar-refractivity contribution is -0.423. The molecule has 3 aromatic rings. The summed E-state index contributed by atoms with van der Waals surface area (Å²) in [5.41, 5.74) is 0.304. The third kappa shape index (κ3) is 17.6. The molecule has 0 unspecified atom stereocenters. The van der Waals surface area contributed by atoms with Gasteiger partial charge in [-0.2, -0.15) is 0 Å². The zero-order chi connectivity index (χ0) is 69.9. The molecule has 5 aliphatic heterocycles. The van der Waals surface area contributed by atoms with Gasteiger partial charge in [-0.3, -0.25) is 9.59 Å². The Morgan fingerprint density at radius 3 is 1.48 bits per heavy atom. The van der Waals surface area contributed by atoms with Crippen LogP contribution in [-0.4, -0.2) is 302 Å². The second-order valence-electron chi connectivity index (χ2n) is 22.4. The van der Waals surface area contributed by atoms with E-state index in [1.165, 1.54) is 81.0 Å². The van der Waals surface area contributed by atoms with Crippen molar-refractivity contribution in [2.75, 3.05) is 53.9 Å². The van der Waals surface area contributed by atoms with Crippen molar-refractivity contribution in [2.45, 2.75) is 161 Å². The van der Waals surface area contributed by atoms with Gasteiger partial charge in [0.2, 0.25) is 5.79 Å². The normalized spacial score (nSPS) is 35.4. The highest BCUT2D eigenvalue weighted by Gasteiger charge is 2.64. The maximum atomic E-state index is 14.5. The van der Waals surface area contributed by atoms with E-state index in [-0.39, 0.29) is 39.7 Å². The average molecular weight is 1370 g/mol. The maximum absolute atomic E-state index is 14.5. The number of carbonyl (C=O) groups is 5. The van der Waals surface area contributed by atoms with Crippen LogP contribution in [0, 0.1) is 0 Å². The third-order valence-electron chi connectivity index (χ3n) is 15.8. The Labute approximate surface area is 545 Å². The summed E-state index contributed by atoms with van der Waals surface area (Å²) >= 11 is 0. The number of aliphatic hydroxyl groups excluding tert-OH is 12. The Kier molecular flexibility index (Phi) is 26.0. The molecule has 0 radical (unpaired) electrons.